The number of hydrogen-bond acceptors (Lipinski definition) is 2. The molecule has 1 rings (SSSR count). The molecule has 0 aliphatic rings. The molecule has 0 radical (unpaired) electrons. The van der Waals surface area contributed by atoms with Crippen molar-refractivity contribution in [1.82, 2.24) is 5.32 Å². The van der Waals surface area contributed by atoms with Gasteiger partial charge in [-0.25, -0.2) is 0 Å². The zero-order chi connectivity index (χ0) is 12.8. The van der Waals surface area contributed by atoms with Gasteiger partial charge < -0.3 is 10.6 Å². The van der Waals surface area contributed by atoms with E-state index < -0.39 is 0 Å². The summed E-state index contributed by atoms with van der Waals surface area (Å²) in [7, 11) is 1.54. The highest BCUT2D eigenvalue weighted by Crippen LogP contribution is 2.16. The minimum atomic E-state index is -0.297. The largest absolute Gasteiger partial charge is 0.355 e. The highest BCUT2D eigenvalue weighted by molar-refractivity contribution is 6.19. The predicted octanol–water partition coefficient (Wildman–Crippen LogP) is 1.86. The normalized spacial score (nSPS) is 11.7. The zero-order valence-electron chi connectivity index (χ0n) is 9.79. The first-order valence-corrected chi connectivity index (χ1v) is 5.81. The number of hydrogen-bond donors (Lipinski definition) is 2. The number of alkyl halides is 1. The maximum absolute atomic E-state index is 11.7. The molecular formula is C12H15ClN2O2. The molecule has 92 valence electrons. The standard InChI is InChI=1S/C12H15ClN2O2/c1-8(7-13)11(16)15-10-6-4-3-5-9(10)12(17)14-2/h3-6,8H,7H2,1-2H3,(H,14,17)(H,15,16). The summed E-state index contributed by atoms with van der Waals surface area (Å²) in [5, 5.41) is 5.21. The molecule has 5 heteroatoms. The first kappa shape index (κ1) is 13.5. The van der Waals surface area contributed by atoms with E-state index in [1.54, 1.807) is 38.2 Å². The number of amides is 2. The Labute approximate surface area is 105 Å². The molecule has 0 saturated carbocycles. The topological polar surface area (TPSA) is 58.2 Å². The Morgan fingerprint density at radius 2 is 2.00 bits per heavy atom. The molecule has 0 aromatic heterocycles. The molecule has 0 bridgehead atoms. The van der Waals surface area contributed by atoms with E-state index in [-0.39, 0.29) is 23.6 Å². The molecule has 0 aliphatic heterocycles. The quantitative estimate of drug-likeness (QED) is 0.806. The van der Waals surface area contributed by atoms with Gasteiger partial charge in [0.05, 0.1) is 11.3 Å². The number of nitrogens with one attached hydrogen (secondary N) is 2. The molecule has 4 nitrogen and oxygen atoms in total. The Morgan fingerprint density at radius 1 is 1.35 bits per heavy atom. The molecule has 2 amide bonds. The fourth-order valence-electron chi connectivity index (χ4n) is 1.25. The van der Waals surface area contributed by atoms with Gasteiger partial charge in [-0.05, 0) is 12.1 Å². The minimum absolute atomic E-state index is 0.198. The summed E-state index contributed by atoms with van der Waals surface area (Å²) in [5.41, 5.74) is 0.930. The van der Waals surface area contributed by atoms with Crippen LogP contribution in [0.25, 0.3) is 0 Å². The number of anilines is 1. The van der Waals surface area contributed by atoms with E-state index in [2.05, 4.69) is 10.6 Å². The monoisotopic (exact) mass is 254 g/mol. The van der Waals surface area contributed by atoms with E-state index in [9.17, 15) is 9.59 Å². The molecular weight excluding hydrogens is 240 g/mol. The van der Waals surface area contributed by atoms with Crippen LogP contribution in [0.3, 0.4) is 0 Å². The predicted molar refractivity (Wildman–Crippen MR) is 68.3 cm³/mol. The average Bonchev–Trinajstić information content (AvgIpc) is 2.37. The van der Waals surface area contributed by atoms with Gasteiger partial charge in [-0.2, -0.15) is 0 Å². The smallest absolute Gasteiger partial charge is 0.253 e. The van der Waals surface area contributed by atoms with Crippen LogP contribution in [0.5, 0.6) is 0 Å². The van der Waals surface area contributed by atoms with Crippen LogP contribution in [0.2, 0.25) is 0 Å². The Balaban J connectivity index is 2.91. The number of para-hydroxylation sites is 1. The van der Waals surface area contributed by atoms with Crippen LogP contribution in [0.15, 0.2) is 24.3 Å². The van der Waals surface area contributed by atoms with Crippen molar-refractivity contribution in [2.75, 3.05) is 18.2 Å². The molecule has 0 spiro atoms. The van der Waals surface area contributed by atoms with Crippen molar-refractivity contribution < 1.29 is 9.59 Å². The van der Waals surface area contributed by atoms with Gasteiger partial charge in [-0.15, -0.1) is 11.6 Å². The Hall–Kier alpha value is -1.55. The summed E-state index contributed by atoms with van der Waals surface area (Å²) in [5.74, 6) is -0.487. The van der Waals surface area contributed by atoms with E-state index in [4.69, 9.17) is 11.6 Å². The Kier molecular flexibility index (Phi) is 4.97. The SMILES string of the molecule is CNC(=O)c1ccccc1NC(=O)C(C)CCl. The van der Waals surface area contributed by atoms with E-state index >= 15 is 0 Å². The maximum atomic E-state index is 11.7. The van der Waals surface area contributed by atoms with Gasteiger partial charge in [0.25, 0.3) is 5.91 Å². The van der Waals surface area contributed by atoms with Crippen molar-refractivity contribution in [2.24, 2.45) is 5.92 Å². The fraction of sp³-hybridized carbons (Fsp3) is 0.333. The lowest BCUT2D eigenvalue weighted by Gasteiger charge is -2.12. The summed E-state index contributed by atoms with van der Waals surface area (Å²) in [6.07, 6.45) is 0. The summed E-state index contributed by atoms with van der Waals surface area (Å²) in [6.45, 7) is 1.73. The van der Waals surface area contributed by atoms with E-state index in [1.807, 2.05) is 0 Å². The molecule has 1 unspecified atom stereocenters. The van der Waals surface area contributed by atoms with Gasteiger partial charge in [0.1, 0.15) is 0 Å². The van der Waals surface area contributed by atoms with Gasteiger partial charge in [0, 0.05) is 18.8 Å². The van der Waals surface area contributed by atoms with Crippen molar-refractivity contribution in [3.63, 3.8) is 0 Å². The van der Waals surface area contributed by atoms with Crippen molar-refractivity contribution in [3.8, 4) is 0 Å². The van der Waals surface area contributed by atoms with Crippen molar-refractivity contribution in [3.05, 3.63) is 29.8 Å². The zero-order valence-corrected chi connectivity index (χ0v) is 10.5. The second-order valence-corrected chi connectivity index (χ2v) is 3.98. The summed E-state index contributed by atoms with van der Waals surface area (Å²) >= 11 is 5.60. The molecule has 2 N–H and O–H groups in total. The number of carbonyl (C=O) groups is 2. The average molecular weight is 255 g/mol. The van der Waals surface area contributed by atoms with Crippen LogP contribution < -0.4 is 10.6 Å². The number of rotatable bonds is 4. The Morgan fingerprint density at radius 3 is 2.59 bits per heavy atom. The molecule has 1 aromatic rings. The lowest BCUT2D eigenvalue weighted by molar-refractivity contribution is -0.118. The van der Waals surface area contributed by atoms with Gasteiger partial charge in [0.15, 0.2) is 0 Å². The Bertz CT molecular complexity index is 421. The second-order valence-electron chi connectivity index (χ2n) is 3.67. The van der Waals surface area contributed by atoms with Crippen LogP contribution in [0, 0.1) is 5.92 Å². The maximum Gasteiger partial charge on any atom is 0.253 e. The first-order valence-electron chi connectivity index (χ1n) is 5.28. The van der Waals surface area contributed by atoms with E-state index in [1.165, 1.54) is 0 Å². The van der Waals surface area contributed by atoms with E-state index in [0.29, 0.717) is 11.3 Å². The lowest BCUT2D eigenvalue weighted by Crippen LogP contribution is -2.25. The molecule has 17 heavy (non-hydrogen) atoms. The molecule has 0 heterocycles. The van der Waals surface area contributed by atoms with Gasteiger partial charge in [-0.1, -0.05) is 19.1 Å². The van der Waals surface area contributed by atoms with Gasteiger partial charge in [-0.3, -0.25) is 9.59 Å². The van der Waals surface area contributed by atoms with Crippen LogP contribution in [-0.2, 0) is 4.79 Å². The third-order valence-electron chi connectivity index (χ3n) is 2.34. The first-order chi connectivity index (χ1) is 8.10. The van der Waals surface area contributed by atoms with Gasteiger partial charge >= 0.3 is 0 Å². The third kappa shape index (κ3) is 3.46. The van der Waals surface area contributed by atoms with E-state index in [0.717, 1.165) is 0 Å². The molecule has 0 aliphatic carbocycles. The molecule has 0 fully saturated rings. The molecule has 1 aromatic carbocycles. The van der Waals surface area contributed by atoms with Gasteiger partial charge in [0.2, 0.25) is 5.91 Å². The number of benzene rings is 1. The minimum Gasteiger partial charge on any atom is -0.355 e. The number of carbonyl (C=O) groups excluding carboxylic acids is 2. The number of halogens is 1. The van der Waals surface area contributed by atoms with Crippen LogP contribution in [-0.4, -0.2) is 24.7 Å². The van der Waals surface area contributed by atoms with Crippen LogP contribution >= 0.6 is 11.6 Å². The molecule has 0 saturated heterocycles. The summed E-state index contributed by atoms with van der Waals surface area (Å²) in [6, 6.07) is 6.84. The third-order valence-corrected chi connectivity index (χ3v) is 2.80. The summed E-state index contributed by atoms with van der Waals surface area (Å²) in [4.78, 5) is 23.2. The molecule has 1 atom stereocenters. The highest BCUT2D eigenvalue weighted by atomic mass is 35.5. The van der Waals surface area contributed by atoms with Crippen molar-refractivity contribution in [1.29, 1.82) is 0 Å². The fourth-order valence-corrected chi connectivity index (χ4v) is 1.39. The highest BCUT2D eigenvalue weighted by Gasteiger charge is 2.15. The van der Waals surface area contributed by atoms with Crippen molar-refractivity contribution >= 4 is 29.1 Å². The summed E-state index contributed by atoms with van der Waals surface area (Å²) < 4.78 is 0. The van der Waals surface area contributed by atoms with Crippen LogP contribution in [0.4, 0.5) is 5.69 Å². The van der Waals surface area contributed by atoms with Crippen molar-refractivity contribution in [2.45, 2.75) is 6.92 Å². The lowest BCUT2D eigenvalue weighted by atomic mass is 10.1. The van der Waals surface area contributed by atoms with Crippen LogP contribution in [0.1, 0.15) is 17.3 Å². The second kappa shape index (κ2) is 6.25.